The van der Waals surface area contributed by atoms with E-state index in [0.29, 0.717) is 23.5 Å². The number of amides is 1. The van der Waals surface area contributed by atoms with Crippen LogP contribution in [0.3, 0.4) is 0 Å². The maximum atomic E-state index is 11.4. The highest BCUT2D eigenvalue weighted by Crippen LogP contribution is 2.05. The maximum Gasteiger partial charge on any atom is 0.251 e. The van der Waals surface area contributed by atoms with E-state index in [4.69, 9.17) is 18.0 Å². The van der Waals surface area contributed by atoms with Crippen molar-refractivity contribution in [2.45, 2.75) is 13.3 Å². The highest BCUT2D eigenvalue weighted by molar-refractivity contribution is 7.80. The number of carbonyl (C=O) groups is 1. The molecule has 0 aliphatic heterocycles. The van der Waals surface area contributed by atoms with Crippen molar-refractivity contribution in [2.24, 2.45) is 5.73 Å². The molecule has 0 saturated heterocycles. The first kappa shape index (κ1) is 11.7. The Morgan fingerprint density at radius 2 is 2.00 bits per heavy atom. The van der Waals surface area contributed by atoms with Crippen molar-refractivity contribution < 1.29 is 4.79 Å². The topological polar surface area (TPSA) is 55.1 Å². The average molecular weight is 222 g/mol. The van der Waals surface area contributed by atoms with E-state index in [9.17, 15) is 4.79 Å². The zero-order chi connectivity index (χ0) is 11.3. The SMILES string of the molecule is CCNC(=O)c1ccc(CC(N)=S)cc1. The Bertz CT molecular complexity index is 359. The smallest absolute Gasteiger partial charge is 0.251 e. The first-order valence-corrected chi connectivity index (χ1v) is 5.19. The Labute approximate surface area is 94.7 Å². The van der Waals surface area contributed by atoms with Crippen LogP contribution in [0.25, 0.3) is 0 Å². The molecule has 4 heteroatoms. The second kappa shape index (κ2) is 5.46. The van der Waals surface area contributed by atoms with Gasteiger partial charge in [0.15, 0.2) is 0 Å². The van der Waals surface area contributed by atoms with Gasteiger partial charge in [-0.3, -0.25) is 4.79 Å². The van der Waals surface area contributed by atoms with E-state index in [1.54, 1.807) is 12.1 Å². The number of carbonyl (C=O) groups excluding carboxylic acids is 1. The summed E-state index contributed by atoms with van der Waals surface area (Å²) in [6, 6.07) is 7.28. The normalized spacial score (nSPS) is 9.67. The maximum absolute atomic E-state index is 11.4. The molecule has 15 heavy (non-hydrogen) atoms. The van der Waals surface area contributed by atoms with E-state index >= 15 is 0 Å². The predicted octanol–water partition coefficient (Wildman–Crippen LogP) is 1.26. The molecule has 0 aliphatic carbocycles. The van der Waals surface area contributed by atoms with Gasteiger partial charge in [0.2, 0.25) is 0 Å². The number of hydrogen-bond acceptors (Lipinski definition) is 2. The van der Waals surface area contributed by atoms with Crippen molar-refractivity contribution in [3.05, 3.63) is 35.4 Å². The summed E-state index contributed by atoms with van der Waals surface area (Å²) >= 11 is 4.80. The molecular formula is C11H14N2OS. The first-order valence-electron chi connectivity index (χ1n) is 4.79. The molecule has 0 heterocycles. The zero-order valence-corrected chi connectivity index (χ0v) is 9.43. The molecule has 3 N–H and O–H groups in total. The van der Waals surface area contributed by atoms with E-state index in [-0.39, 0.29) is 5.91 Å². The summed E-state index contributed by atoms with van der Waals surface area (Å²) in [6.07, 6.45) is 0.574. The molecule has 1 aromatic carbocycles. The highest BCUT2D eigenvalue weighted by Gasteiger charge is 2.03. The fourth-order valence-corrected chi connectivity index (χ4v) is 1.40. The second-order valence-corrected chi connectivity index (χ2v) is 3.72. The van der Waals surface area contributed by atoms with Gasteiger partial charge >= 0.3 is 0 Å². The van der Waals surface area contributed by atoms with Crippen LogP contribution in [0.1, 0.15) is 22.8 Å². The van der Waals surface area contributed by atoms with Crippen LogP contribution < -0.4 is 11.1 Å². The van der Waals surface area contributed by atoms with Crippen molar-refractivity contribution in [3.63, 3.8) is 0 Å². The van der Waals surface area contributed by atoms with Crippen LogP contribution >= 0.6 is 12.2 Å². The minimum absolute atomic E-state index is 0.0561. The largest absolute Gasteiger partial charge is 0.393 e. The molecule has 80 valence electrons. The van der Waals surface area contributed by atoms with Gasteiger partial charge in [0.05, 0.1) is 4.99 Å². The van der Waals surface area contributed by atoms with E-state index in [0.717, 1.165) is 5.56 Å². The lowest BCUT2D eigenvalue weighted by Crippen LogP contribution is -2.22. The number of nitrogens with two attached hydrogens (primary N) is 1. The number of hydrogen-bond donors (Lipinski definition) is 2. The number of nitrogens with one attached hydrogen (secondary N) is 1. The minimum atomic E-state index is -0.0561. The van der Waals surface area contributed by atoms with Gasteiger partial charge < -0.3 is 11.1 Å². The summed E-state index contributed by atoms with van der Waals surface area (Å²) in [5.74, 6) is -0.0561. The van der Waals surface area contributed by atoms with Crippen LogP contribution in [0, 0.1) is 0 Å². The molecule has 1 rings (SSSR count). The van der Waals surface area contributed by atoms with E-state index in [1.807, 2.05) is 19.1 Å². The average Bonchev–Trinajstić information content (AvgIpc) is 2.18. The van der Waals surface area contributed by atoms with Crippen LogP contribution in [0.2, 0.25) is 0 Å². The van der Waals surface area contributed by atoms with Gasteiger partial charge in [-0.2, -0.15) is 0 Å². The minimum Gasteiger partial charge on any atom is -0.393 e. The molecular weight excluding hydrogens is 208 g/mol. The predicted molar refractivity (Wildman–Crippen MR) is 64.9 cm³/mol. The molecule has 1 amide bonds. The Balaban J connectivity index is 2.71. The monoisotopic (exact) mass is 222 g/mol. The molecule has 0 unspecified atom stereocenters. The third-order valence-electron chi connectivity index (χ3n) is 1.93. The Kier molecular flexibility index (Phi) is 4.24. The quantitative estimate of drug-likeness (QED) is 0.754. The molecule has 1 aromatic rings. The number of benzene rings is 1. The van der Waals surface area contributed by atoms with Gasteiger partial charge in [-0.1, -0.05) is 24.4 Å². The summed E-state index contributed by atoms with van der Waals surface area (Å²) < 4.78 is 0. The molecule has 0 aromatic heterocycles. The van der Waals surface area contributed by atoms with Crippen LogP contribution in [0.15, 0.2) is 24.3 Å². The van der Waals surface area contributed by atoms with Gasteiger partial charge in [-0.15, -0.1) is 0 Å². The van der Waals surface area contributed by atoms with E-state index in [1.165, 1.54) is 0 Å². The molecule has 0 aliphatic rings. The van der Waals surface area contributed by atoms with Crippen LogP contribution in [-0.2, 0) is 6.42 Å². The molecule has 0 radical (unpaired) electrons. The van der Waals surface area contributed by atoms with Gasteiger partial charge in [0.25, 0.3) is 5.91 Å². The third kappa shape index (κ3) is 3.67. The van der Waals surface area contributed by atoms with E-state index in [2.05, 4.69) is 5.32 Å². The molecule has 0 fully saturated rings. The Hall–Kier alpha value is -1.42. The lowest BCUT2D eigenvalue weighted by molar-refractivity contribution is 0.0956. The van der Waals surface area contributed by atoms with E-state index < -0.39 is 0 Å². The van der Waals surface area contributed by atoms with Crippen molar-refractivity contribution in [1.82, 2.24) is 5.32 Å². The third-order valence-corrected chi connectivity index (χ3v) is 2.08. The zero-order valence-electron chi connectivity index (χ0n) is 8.62. The van der Waals surface area contributed by atoms with Crippen LogP contribution in [0.5, 0.6) is 0 Å². The molecule has 3 nitrogen and oxygen atoms in total. The van der Waals surface area contributed by atoms with Crippen molar-refractivity contribution in [3.8, 4) is 0 Å². The van der Waals surface area contributed by atoms with Gasteiger partial charge in [0.1, 0.15) is 0 Å². The molecule has 0 bridgehead atoms. The summed E-state index contributed by atoms with van der Waals surface area (Å²) in [4.78, 5) is 11.9. The standard InChI is InChI=1S/C11H14N2OS/c1-2-13-11(14)9-5-3-8(4-6-9)7-10(12)15/h3-6H,2,7H2,1H3,(H2,12,15)(H,13,14). The lowest BCUT2D eigenvalue weighted by atomic mass is 10.1. The van der Waals surface area contributed by atoms with Crippen molar-refractivity contribution >= 4 is 23.1 Å². The summed E-state index contributed by atoms with van der Waals surface area (Å²) in [6.45, 7) is 2.52. The van der Waals surface area contributed by atoms with Gasteiger partial charge in [0, 0.05) is 18.5 Å². The summed E-state index contributed by atoms with van der Waals surface area (Å²) in [5.41, 5.74) is 7.10. The summed E-state index contributed by atoms with van der Waals surface area (Å²) in [7, 11) is 0. The molecule has 0 atom stereocenters. The molecule has 0 spiro atoms. The fraction of sp³-hybridized carbons (Fsp3) is 0.273. The van der Waals surface area contributed by atoms with Crippen molar-refractivity contribution in [1.29, 1.82) is 0 Å². The Morgan fingerprint density at radius 1 is 1.40 bits per heavy atom. The van der Waals surface area contributed by atoms with Gasteiger partial charge in [-0.25, -0.2) is 0 Å². The Morgan fingerprint density at radius 3 is 2.47 bits per heavy atom. The molecule has 0 saturated carbocycles. The van der Waals surface area contributed by atoms with Crippen LogP contribution in [-0.4, -0.2) is 17.4 Å². The van der Waals surface area contributed by atoms with Gasteiger partial charge in [-0.05, 0) is 24.6 Å². The highest BCUT2D eigenvalue weighted by atomic mass is 32.1. The number of thiocarbonyl (C=S) groups is 1. The fourth-order valence-electron chi connectivity index (χ4n) is 1.24. The van der Waals surface area contributed by atoms with Crippen LogP contribution in [0.4, 0.5) is 0 Å². The second-order valence-electron chi connectivity index (χ2n) is 3.20. The first-order chi connectivity index (χ1) is 7.13. The van der Waals surface area contributed by atoms with Crippen molar-refractivity contribution in [2.75, 3.05) is 6.54 Å². The summed E-state index contributed by atoms with van der Waals surface area (Å²) in [5, 5.41) is 2.73. The lowest BCUT2D eigenvalue weighted by Gasteiger charge is -2.03. The number of rotatable bonds is 4.